The molecule has 0 rings (SSSR count). The second kappa shape index (κ2) is 4.53. The average molecular weight is 244 g/mol. The van der Waals surface area contributed by atoms with Gasteiger partial charge in [0.15, 0.2) is 5.60 Å². The summed E-state index contributed by atoms with van der Waals surface area (Å²) in [6.07, 6.45) is -4.34. The number of alkyl halides is 3. The van der Waals surface area contributed by atoms with Gasteiger partial charge in [0.05, 0.1) is 0 Å². The van der Waals surface area contributed by atoms with Crippen LogP contribution in [0.5, 0.6) is 0 Å². The van der Waals surface area contributed by atoms with Crippen molar-refractivity contribution in [3.8, 4) is 0 Å². The smallest absolute Gasteiger partial charge is 0.381 e. The van der Waals surface area contributed by atoms with Gasteiger partial charge in [-0.25, -0.2) is 0 Å². The Kier molecular flexibility index (Phi) is 4.56. The molecule has 0 aromatic carbocycles. The first-order valence-electron chi connectivity index (χ1n) is 4.93. The van der Waals surface area contributed by atoms with Crippen LogP contribution in [0.25, 0.3) is 0 Å². The van der Waals surface area contributed by atoms with Crippen LogP contribution in [-0.2, 0) is 0 Å². The van der Waals surface area contributed by atoms with Crippen LogP contribution in [0.4, 0.5) is 13.2 Å². The van der Waals surface area contributed by atoms with Crippen molar-refractivity contribution in [2.75, 3.05) is 0 Å². The van der Waals surface area contributed by atoms with E-state index >= 15 is 0 Å². The highest BCUT2D eigenvalue weighted by Crippen LogP contribution is 2.40. The maximum atomic E-state index is 12.4. The predicted molar refractivity (Wildman–Crippen MR) is 58.1 cm³/mol. The zero-order valence-corrected chi connectivity index (χ0v) is 10.4. The third-order valence-corrected chi connectivity index (χ3v) is 3.11. The highest BCUT2D eigenvalue weighted by molar-refractivity contribution is 7.81. The molecule has 0 saturated heterocycles. The van der Waals surface area contributed by atoms with Crippen LogP contribution < -0.4 is 0 Å². The second-order valence-corrected chi connectivity index (χ2v) is 5.89. The third-order valence-electron chi connectivity index (χ3n) is 2.75. The quantitative estimate of drug-likeness (QED) is 0.726. The summed E-state index contributed by atoms with van der Waals surface area (Å²) in [5, 5.41) is 9.36. The van der Waals surface area contributed by atoms with Gasteiger partial charge in [0.1, 0.15) is 0 Å². The molecule has 92 valence electrons. The minimum atomic E-state index is -4.58. The lowest BCUT2D eigenvalue weighted by molar-refractivity contribution is -0.259. The minimum absolute atomic E-state index is 0.280. The average Bonchev–Trinajstić information content (AvgIpc) is 1.95. The topological polar surface area (TPSA) is 20.2 Å². The number of aliphatic hydroxyl groups is 1. The predicted octanol–water partition coefficient (Wildman–Crippen LogP) is 3.42. The summed E-state index contributed by atoms with van der Waals surface area (Å²) in [6, 6.07) is 0. The lowest BCUT2D eigenvalue weighted by Gasteiger charge is -2.36. The van der Waals surface area contributed by atoms with E-state index in [4.69, 9.17) is 0 Å². The SMILES string of the molecule is CCC(CC(C)(O)C(F)(F)F)C(C)(C)S. The van der Waals surface area contributed by atoms with Crippen molar-refractivity contribution in [3.05, 3.63) is 0 Å². The molecule has 0 aliphatic heterocycles. The molecule has 2 atom stereocenters. The number of hydrogen-bond donors (Lipinski definition) is 2. The summed E-state index contributed by atoms with van der Waals surface area (Å²) >= 11 is 4.26. The molecule has 0 aromatic rings. The van der Waals surface area contributed by atoms with Crippen LogP contribution in [0.2, 0.25) is 0 Å². The van der Waals surface area contributed by atoms with E-state index in [1.54, 1.807) is 20.8 Å². The van der Waals surface area contributed by atoms with E-state index in [-0.39, 0.29) is 12.3 Å². The molecule has 0 aromatic heterocycles. The molecule has 2 unspecified atom stereocenters. The molecule has 0 heterocycles. The summed E-state index contributed by atoms with van der Waals surface area (Å²) in [5.74, 6) is -0.280. The molecular formula is C10H19F3OS. The highest BCUT2D eigenvalue weighted by Gasteiger charge is 2.51. The van der Waals surface area contributed by atoms with Crippen LogP contribution in [0, 0.1) is 5.92 Å². The largest absolute Gasteiger partial charge is 0.416 e. The van der Waals surface area contributed by atoms with Crippen molar-refractivity contribution in [1.29, 1.82) is 0 Å². The van der Waals surface area contributed by atoms with Gasteiger partial charge < -0.3 is 5.11 Å². The first-order chi connectivity index (χ1) is 6.42. The fraction of sp³-hybridized carbons (Fsp3) is 1.00. The number of rotatable bonds is 4. The van der Waals surface area contributed by atoms with Gasteiger partial charge in [-0.2, -0.15) is 25.8 Å². The van der Waals surface area contributed by atoms with Crippen LogP contribution in [0.3, 0.4) is 0 Å². The Hall–Kier alpha value is 0.100. The molecule has 0 aliphatic carbocycles. The molecule has 5 heteroatoms. The Labute approximate surface area is 94.5 Å². The fourth-order valence-electron chi connectivity index (χ4n) is 1.49. The lowest BCUT2D eigenvalue weighted by atomic mass is 9.82. The van der Waals surface area contributed by atoms with Gasteiger partial charge in [-0.05, 0) is 19.3 Å². The van der Waals surface area contributed by atoms with E-state index in [1.165, 1.54) is 0 Å². The van der Waals surface area contributed by atoms with Gasteiger partial charge in [-0.3, -0.25) is 0 Å². The molecule has 0 bridgehead atoms. The minimum Gasteiger partial charge on any atom is -0.381 e. The Morgan fingerprint density at radius 2 is 1.60 bits per heavy atom. The molecule has 0 radical (unpaired) electrons. The Morgan fingerprint density at radius 1 is 1.20 bits per heavy atom. The van der Waals surface area contributed by atoms with Crippen molar-refractivity contribution in [2.45, 2.75) is 57.1 Å². The van der Waals surface area contributed by atoms with Gasteiger partial charge >= 0.3 is 6.18 Å². The van der Waals surface area contributed by atoms with Crippen LogP contribution in [0.15, 0.2) is 0 Å². The zero-order valence-electron chi connectivity index (χ0n) is 9.52. The van der Waals surface area contributed by atoms with Crippen LogP contribution in [0.1, 0.15) is 40.5 Å². The fourth-order valence-corrected chi connectivity index (χ4v) is 1.76. The Morgan fingerprint density at radius 3 is 1.80 bits per heavy atom. The van der Waals surface area contributed by atoms with Crippen molar-refractivity contribution in [2.24, 2.45) is 5.92 Å². The van der Waals surface area contributed by atoms with E-state index in [0.29, 0.717) is 6.42 Å². The molecule has 1 N–H and O–H groups in total. The molecule has 0 fully saturated rings. The Balaban J connectivity index is 4.70. The van der Waals surface area contributed by atoms with Crippen molar-refractivity contribution >= 4 is 12.6 Å². The van der Waals surface area contributed by atoms with Gasteiger partial charge in [-0.15, -0.1) is 0 Å². The normalized spacial score (nSPS) is 19.8. The highest BCUT2D eigenvalue weighted by atomic mass is 32.1. The van der Waals surface area contributed by atoms with Crippen LogP contribution in [-0.4, -0.2) is 21.6 Å². The maximum Gasteiger partial charge on any atom is 0.416 e. The van der Waals surface area contributed by atoms with Crippen molar-refractivity contribution < 1.29 is 18.3 Å². The molecule has 15 heavy (non-hydrogen) atoms. The summed E-state index contributed by atoms with van der Waals surface area (Å²) in [7, 11) is 0. The number of halogens is 3. The number of thiol groups is 1. The molecule has 0 saturated carbocycles. The summed E-state index contributed by atoms with van der Waals surface area (Å²) in [5.41, 5.74) is -2.63. The van der Waals surface area contributed by atoms with E-state index in [9.17, 15) is 18.3 Å². The monoisotopic (exact) mass is 244 g/mol. The molecular weight excluding hydrogens is 225 g/mol. The molecule has 0 spiro atoms. The molecule has 0 aliphatic rings. The second-order valence-electron chi connectivity index (χ2n) is 4.73. The first-order valence-corrected chi connectivity index (χ1v) is 5.38. The maximum absolute atomic E-state index is 12.4. The van der Waals surface area contributed by atoms with Gasteiger partial charge in [-0.1, -0.05) is 27.2 Å². The zero-order chi connectivity index (χ0) is 12.5. The van der Waals surface area contributed by atoms with E-state index < -0.39 is 16.5 Å². The van der Waals surface area contributed by atoms with E-state index in [2.05, 4.69) is 12.6 Å². The number of hydrogen-bond acceptors (Lipinski definition) is 2. The van der Waals surface area contributed by atoms with Gasteiger partial charge in [0, 0.05) is 4.75 Å². The Bertz CT molecular complexity index is 206. The summed E-state index contributed by atoms with van der Waals surface area (Å²) < 4.78 is 36.8. The van der Waals surface area contributed by atoms with E-state index in [0.717, 1.165) is 6.92 Å². The van der Waals surface area contributed by atoms with Gasteiger partial charge in [0.2, 0.25) is 0 Å². The van der Waals surface area contributed by atoms with Crippen LogP contribution >= 0.6 is 12.6 Å². The third kappa shape index (κ3) is 4.23. The summed E-state index contributed by atoms with van der Waals surface area (Å²) in [6.45, 7) is 6.14. The van der Waals surface area contributed by atoms with Crippen molar-refractivity contribution in [3.63, 3.8) is 0 Å². The summed E-state index contributed by atoms with van der Waals surface area (Å²) in [4.78, 5) is 0. The lowest BCUT2D eigenvalue weighted by Crippen LogP contribution is -2.46. The molecule has 0 amide bonds. The van der Waals surface area contributed by atoms with E-state index in [1.807, 2.05) is 0 Å². The van der Waals surface area contributed by atoms with Gasteiger partial charge in [0.25, 0.3) is 0 Å². The molecule has 1 nitrogen and oxygen atoms in total. The first kappa shape index (κ1) is 15.1. The standard InChI is InChI=1S/C10H19F3OS/c1-5-7(8(2,3)15)6-9(4,14)10(11,12)13/h7,14-15H,5-6H2,1-4H3. The van der Waals surface area contributed by atoms with Crippen molar-refractivity contribution in [1.82, 2.24) is 0 Å².